The molecular formula is C23H30ClNO2. The van der Waals surface area contributed by atoms with Crippen molar-refractivity contribution in [3.05, 3.63) is 53.6 Å². The Hall–Kier alpha value is -1.87. The Morgan fingerprint density at radius 1 is 1.04 bits per heavy atom. The van der Waals surface area contributed by atoms with Crippen LogP contribution in [0.25, 0.3) is 0 Å². The molecule has 3 rings (SSSR count). The van der Waals surface area contributed by atoms with Gasteiger partial charge in [-0.05, 0) is 55.7 Å². The Morgan fingerprint density at radius 3 is 2.52 bits per heavy atom. The molecule has 1 aliphatic rings. The smallest absolute Gasteiger partial charge is 0.138 e. The number of halogens is 1. The van der Waals surface area contributed by atoms with Gasteiger partial charge in [-0.1, -0.05) is 55.8 Å². The van der Waals surface area contributed by atoms with Crippen LogP contribution in [0.2, 0.25) is 5.02 Å². The molecule has 0 spiro atoms. The first-order valence-corrected chi connectivity index (χ1v) is 10.5. The monoisotopic (exact) mass is 387 g/mol. The van der Waals surface area contributed by atoms with Gasteiger partial charge in [0.2, 0.25) is 0 Å². The molecule has 146 valence electrons. The van der Waals surface area contributed by atoms with E-state index in [2.05, 4.69) is 17.4 Å². The average Bonchev–Trinajstić information content (AvgIpc) is 2.70. The van der Waals surface area contributed by atoms with Gasteiger partial charge in [-0.3, -0.25) is 0 Å². The second kappa shape index (κ2) is 10.5. The summed E-state index contributed by atoms with van der Waals surface area (Å²) in [6.45, 7) is 3.55. The van der Waals surface area contributed by atoms with Crippen LogP contribution in [0.3, 0.4) is 0 Å². The molecule has 1 atom stereocenters. The fourth-order valence-corrected chi connectivity index (χ4v) is 3.73. The number of hydrogen-bond acceptors (Lipinski definition) is 3. The summed E-state index contributed by atoms with van der Waals surface area (Å²) in [6, 6.07) is 15.7. The van der Waals surface area contributed by atoms with Crippen LogP contribution in [0.5, 0.6) is 11.5 Å². The minimum atomic E-state index is 0.0105. The molecule has 0 bridgehead atoms. The molecule has 1 saturated carbocycles. The highest BCUT2D eigenvalue weighted by atomic mass is 35.5. The first kappa shape index (κ1) is 19.9. The van der Waals surface area contributed by atoms with Crippen molar-refractivity contribution in [2.24, 2.45) is 5.92 Å². The summed E-state index contributed by atoms with van der Waals surface area (Å²) in [4.78, 5) is 0. The minimum Gasteiger partial charge on any atom is -0.494 e. The molecule has 0 heterocycles. The fourth-order valence-electron chi connectivity index (χ4n) is 3.55. The molecule has 1 unspecified atom stereocenters. The van der Waals surface area contributed by atoms with Crippen LogP contribution in [0.1, 0.15) is 45.4 Å². The third kappa shape index (κ3) is 6.66. The molecule has 2 aromatic rings. The summed E-state index contributed by atoms with van der Waals surface area (Å²) in [5.74, 6) is 2.52. The van der Waals surface area contributed by atoms with Crippen LogP contribution in [0.4, 0.5) is 5.69 Å². The second-order valence-electron chi connectivity index (χ2n) is 7.41. The zero-order chi connectivity index (χ0) is 18.9. The Bertz CT molecular complexity index is 683. The van der Waals surface area contributed by atoms with Crippen molar-refractivity contribution in [1.29, 1.82) is 0 Å². The third-order valence-electron chi connectivity index (χ3n) is 5.13. The molecule has 0 aliphatic heterocycles. The molecule has 27 heavy (non-hydrogen) atoms. The minimum absolute atomic E-state index is 0.0105. The maximum Gasteiger partial charge on any atom is 0.138 e. The fraction of sp³-hybridized carbons (Fsp3) is 0.478. The first-order chi connectivity index (χ1) is 13.2. The van der Waals surface area contributed by atoms with Gasteiger partial charge in [0.25, 0.3) is 0 Å². The summed E-state index contributed by atoms with van der Waals surface area (Å²) < 4.78 is 11.8. The van der Waals surface area contributed by atoms with Gasteiger partial charge in [0, 0.05) is 5.69 Å². The number of rotatable bonds is 9. The standard InChI is InChI=1S/C23H30ClNO2/c1-18(27-23-10-6-5-9-22(23)24)17-25-20-11-13-21(14-12-20)26-16-15-19-7-3-2-4-8-19/h5-6,9-14,18-19,25H,2-4,7-8,15-17H2,1H3. The molecule has 2 aromatic carbocycles. The predicted octanol–water partition coefficient (Wildman–Crippen LogP) is 6.57. The van der Waals surface area contributed by atoms with Gasteiger partial charge in [-0.15, -0.1) is 0 Å². The van der Waals surface area contributed by atoms with Crippen molar-refractivity contribution >= 4 is 17.3 Å². The summed E-state index contributed by atoms with van der Waals surface area (Å²) in [6.07, 6.45) is 8.13. The van der Waals surface area contributed by atoms with E-state index in [4.69, 9.17) is 21.1 Å². The Morgan fingerprint density at radius 2 is 1.78 bits per heavy atom. The lowest BCUT2D eigenvalue weighted by Gasteiger charge is -2.21. The predicted molar refractivity (Wildman–Crippen MR) is 113 cm³/mol. The van der Waals surface area contributed by atoms with Crippen LogP contribution in [-0.2, 0) is 0 Å². The number of benzene rings is 2. The summed E-state index contributed by atoms with van der Waals surface area (Å²) >= 11 is 6.13. The van der Waals surface area contributed by atoms with E-state index < -0.39 is 0 Å². The van der Waals surface area contributed by atoms with E-state index in [9.17, 15) is 0 Å². The number of hydrogen-bond donors (Lipinski definition) is 1. The van der Waals surface area contributed by atoms with Crippen LogP contribution in [-0.4, -0.2) is 19.3 Å². The van der Waals surface area contributed by atoms with Crippen LogP contribution in [0.15, 0.2) is 48.5 Å². The number of para-hydroxylation sites is 1. The SMILES string of the molecule is CC(CNc1ccc(OCCC2CCCCC2)cc1)Oc1ccccc1Cl. The highest BCUT2D eigenvalue weighted by molar-refractivity contribution is 6.32. The molecule has 0 radical (unpaired) electrons. The topological polar surface area (TPSA) is 30.5 Å². The summed E-state index contributed by atoms with van der Waals surface area (Å²) in [5, 5.41) is 4.03. The van der Waals surface area contributed by atoms with Crippen molar-refractivity contribution < 1.29 is 9.47 Å². The highest BCUT2D eigenvalue weighted by Gasteiger charge is 2.13. The van der Waals surface area contributed by atoms with Crippen molar-refractivity contribution in [3.63, 3.8) is 0 Å². The van der Waals surface area contributed by atoms with E-state index in [0.29, 0.717) is 11.6 Å². The summed E-state index contributed by atoms with van der Waals surface area (Å²) in [7, 11) is 0. The maximum atomic E-state index is 6.13. The summed E-state index contributed by atoms with van der Waals surface area (Å²) in [5.41, 5.74) is 1.06. The van der Waals surface area contributed by atoms with E-state index >= 15 is 0 Å². The van der Waals surface area contributed by atoms with Crippen LogP contribution in [0, 0.1) is 5.92 Å². The quantitative estimate of drug-likeness (QED) is 0.527. The number of ether oxygens (including phenoxy) is 2. The zero-order valence-corrected chi connectivity index (χ0v) is 16.9. The molecule has 0 amide bonds. The van der Waals surface area contributed by atoms with Crippen molar-refractivity contribution in [2.75, 3.05) is 18.5 Å². The van der Waals surface area contributed by atoms with Gasteiger partial charge in [-0.2, -0.15) is 0 Å². The molecule has 3 nitrogen and oxygen atoms in total. The molecule has 0 aromatic heterocycles. The van der Waals surface area contributed by atoms with E-state index in [-0.39, 0.29) is 6.10 Å². The molecule has 1 N–H and O–H groups in total. The van der Waals surface area contributed by atoms with E-state index in [1.807, 2.05) is 43.3 Å². The van der Waals surface area contributed by atoms with Gasteiger partial charge in [0.1, 0.15) is 17.6 Å². The van der Waals surface area contributed by atoms with Gasteiger partial charge in [-0.25, -0.2) is 0 Å². The van der Waals surface area contributed by atoms with Crippen molar-refractivity contribution in [2.45, 2.75) is 51.6 Å². The molecule has 1 fully saturated rings. The third-order valence-corrected chi connectivity index (χ3v) is 5.44. The average molecular weight is 388 g/mol. The molecule has 4 heteroatoms. The van der Waals surface area contributed by atoms with Gasteiger partial charge in [0.15, 0.2) is 0 Å². The number of anilines is 1. The highest BCUT2D eigenvalue weighted by Crippen LogP contribution is 2.27. The lowest BCUT2D eigenvalue weighted by molar-refractivity contribution is 0.235. The molecular weight excluding hydrogens is 358 g/mol. The Labute approximate surface area is 168 Å². The lowest BCUT2D eigenvalue weighted by Crippen LogP contribution is -2.22. The Balaban J connectivity index is 1.37. The van der Waals surface area contributed by atoms with E-state index in [1.54, 1.807) is 0 Å². The molecule has 0 saturated heterocycles. The van der Waals surface area contributed by atoms with Gasteiger partial charge < -0.3 is 14.8 Å². The van der Waals surface area contributed by atoms with E-state index in [0.717, 1.165) is 29.7 Å². The van der Waals surface area contributed by atoms with Crippen molar-refractivity contribution in [3.8, 4) is 11.5 Å². The van der Waals surface area contributed by atoms with Gasteiger partial charge >= 0.3 is 0 Å². The normalized spacial score (nSPS) is 15.9. The zero-order valence-electron chi connectivity index (χ0n) is 16.1. The Kier molecular flexibility index (Phi) is 7.70. The lowest BCUT2D eigenvalue weighted by atomic mass is 9.87. The van der Waals surface area contributed by atoms with E-state index in [1.165, 1.54) is 38.5 Å². The second-order valence-corrected chi connectivity index (χ2v) is 7.81. The molecule has 1 aliphatic carbocycles. The van der Waals surface area contributed by atoms with Crippen molar-refractivity contribution in [1.82, 2.24) is 0 Å². The van der Waals surface area contributed by atoms with Crippen LogP contribution >= 0.6 is 11.6 Å². The van der Waals surface area contributed by atoms with Gasteiger partial charge in [0.05, 0.1) is 18.2 Å². The first-order valence-electron chi connectivity index (χ1n) is 10.1. The largest absolute Gasteiger partial charge is 0.494 e. The maximum absolute atomic E-state index is 6.13. The number of nitrogens with one attached hydrogen (secondary N) is 1. The van der Waals surface area contributed by atoms with Crippen LogP contribution < -0.4 is 14.8 Å².